The summed E-state index contributed by atoms with van der Waals surface area (Å²) < 4.78 is 18.3. The minimum Gasteiger partial charge on any atom is -0.195 e. The third kappa shape index (κ3) is 22.6. The van der Waals surface area contributed by atoms with E-state index in [1.54, 1.807) is 0 Å². The molecule has 0 aliphatic carbocycles. The van der Waals surface area contributed by atoms with Crippen molar-refractivity contribution in [3.8, 4) is 0 Å². The minimum atomic E-state index is -3.72. The summed E-state index contributed by atoms with van der Waals surface area (Å²) in [6.45, 7) is 0. The molecule has 1 rings (SSSR count). The van der Waals surface area contributed by atoms with Gasteiger partial charge in [0.05, 0.1) is 0 Å². The molecule has 0 aliphatic heterocycles. The Morgan fingerprint density at radius 2 is 0.833 bits per heavy atom. The molecule has 0 saturated heterocycles. The molecule has 0 saturated carbocycles. The first kappa shape index (κ1) is 14.3. The zero-order valence-electron chi connectivity index (χ0n) is 5.44. The van der Waals surface area contributed by atoms with Gasteiger partial charge >= 0.3 is 8.26 Å². The van der Waals surface area contributed by atoms with Crippen molar-refractivity contribution < 1.29 is 8.42 Å². The zero-order valence-corrected chi connectivity index (χ0v) is 7.77. The molecule has 0 unspecified atom stereocenters. The van der Waals surface area contributed by atoms with E-state index in [9.17, 15) is 0 Å². The molecule has 0 fully saturated rings. The Morgan fingerprint density at radius 1 is 0.750 bits per heavy atom. The molecule has 0 radical (unpaired) electrons. The molecule has 0 heterocycles. The lowest BCUT2D eigenvalue weighted by atomic mass is 10.4. The molecule has 5 heteroatoms. The van der Waals surface area contributed by atoms with Crippen LogP contribution in [0.1, 0.15) is 7.43 Å². The summed E-state index contributed by atoms with van der Waals surface area (Å²) in [5, 5.41) is 0. The van der Waals surface area contributed by atoms with Crippen LogP contribution < -0.4 is 0 Å². The summed E-state index contributed by atoms with van der Waals surface area (Å²) in [4.78, 5) is 0. The number of hydrogen-bond donors (Lipinski definition) is 0. The fourth-order valence-electron chi connectivity index (χ4n) is 0.385. The van der Waals surface area contributed by atoms with Gasteiger partial charge in [-0.05, 0) is 0 Å². The van der Waals surface area contributed by atoms with Gasteiger partial charge in [0.2, 0.25) is 0 Å². The Balaban J connectivity index is 0. The number of hydrogen-bond acceptors (Lipinski definition) is 2. The van der Waals surface area contributed by atoms with Crippen LogP contribution >= 0.6 is 21.4 Å². The summed E-state index contributed by atoms with van der Waals surface area (Å²) in [5.41, 5.74) is 0. The van der Waals surface area contributed by atoms with Crippen molar-refractivity contribution in [2.24, 2.45) is 0 Å². The monoisotopic (exact) mass is 228 g/mol. The van der Waals surface area contributed by atoms with E-state index in [0.29, 0.717) is 0 Å². The highest BCUT2D eigenvalue weighted by Gasteiger charge is 1.88. The maximum Gasteiger partial charge on any atom is 0.317 e. The van der Waals surface area contributed by atoms with E-state index >= 15 is 0 Å². The van der Waals surface area contributed by atoms with Gasteiger partial charge in [-0.3, -0.25) is 0 Å². The van der Waals surface area contributed by atoms with Crippen LogP contribution in [0.2, 0.25) is 0 Å². The average Bonchev–Trinajstić information content (AvgIpc) is 1.88. The lowest BCUT2D eigenvalue weighted by Crippen LogP contribution is -1.63. The van der Waals surface area contributed by atoms with Crippen molar-refractivity contribution in [3.05, 3.63) is 36.4 Å². The van der Waals surface area contributed by atoms with Gasteiger partial charge in [0.1, 0.15) is 0 Å². The molecule has 0 N–H and O–H groups in total. The van der Waals surface area contributed by atoms with Crippen LogP contribution in [-0.2, 0) is 8.26 Å². The molecule has 0 aliphatic rings. The second kappa shape index (κ2) is 7.40. The second-order valence-electron chi connectivity index (χ2n) is 1.53. The van der Waals surface area contributed by atoms with Gasteiger partial charge in [-0.25, -0.2) is 0 Å². The first-order chi connectivity index (χ1) is 5.00. The minimum absolute atomic E-state index is 0. The zero-order chi connectivity index (χ0) is 8.74. The third-order valence-corrected chi connectivity index (χ3v) is 0.667. The Labute approximate surface area is 82.0 Å². The molecular weight excluding hydrogens is 219 g/mol. The molecule has 70 valence electrons. The Kier molecular flexibility index (Phi) is 8.81. The summed E-state index contributed by atoms with van der Waals surface area (Å²) in [7, 11) is 4.81. The number of rotatable bonds is 0. The standard InChI is InChI=1S/C6H6.CH4.Cl2O2S/c1-2-4-6-5-3-1;;1-5(2,3)4/h1-6H;1H4;. The van der Waals surface area contributed by atoms with Gasteiger partial charge in [-0.2, -0.15) is 8.42 Å². The van der Waals surface area contributed by atoms with Crippen molar-refractivity contribution in [3.63, 3.8) is 0 Å². The predicted octanol–water partition coefficient (Wildman–Crippen LogP) is 3.03. The van der Waals surface area contributed by atoms with Gasteiger partial charge in [0.15, 0.2) is 0 Å². The topological polar surface area (TPSA) is 34.1 Å². The largest absolute Gasteiger partial charge is 0.317 e. The van der Waals surface area contributed by atoms with Crippen molar-refractivity contribution in [2.45, 2.75) is 7.43 Å². The van der Waals surface area contributed by atoms with Crippen molar-refractivity contribution in [2.75, 3.05) is 0 Å². The molecule has 12 heavy (non-hydrogen) atoms. The third-order valence-electron chi connectivity index (χ3n) is 0.667. The maximum absolute atomic E-state index is 9.16. The smallest absolute Gasteiger partial charge is 0.195 e. The van der Waals surface area contributed by atoms with Crippen LogP contribution in [0.25, 0.3) is 0 Å². The molecule has 0 spiro atoms. The Hall–Kier alpha value is -0.250. The highest BCUT2D eigenvalue weighted by atomic mass is 36.0. The van der Waals surface area contributed by atoms with E-state index in [-0.39, 0.29) is 7.43 Å². The Bertz CT molecular complexity index is 236. The highest BCUT2D eigenvalue weighted by molar-refractivity contribution is 8.31. The van der Waals surface area contributed by atoms with Crippen LogP contribution in [0.3, 0.4) is 0 Å². The molecular formula is C7H10Cl2O2S. The van der Waals surface area contributed by atoms with Crippen molar-refractivity contribution in [1.29, 1.82) is 0 Å². The Morgan fingerprint density at radius 3 is 0.917 bits per heavy atom. The summed E-state index contributed by atoms with van der Waals surface area (Å²) >= 11 is 0. The van der Waals surface area contributed by atoms with Crippen LogP contribution in [-0.4, -0.2) is 8.42 Å². The molecule has 0 atom stereocenters. The fraction of sp³-hybridized carbons (Fsp3) is 0.143. The summed E-state index contributed by atoms with van der Waals surface area (Å²) in [5.74, 6) is 0. The van der Waals surface area contributed by atoms with Gasteiger partial charge in [-0.15, -0.1) is 0 Å². The van der Waals surface area contributed by atoms with Gasteiger partial charge < -0.3 is 0 Å². The number of benzene rings is 1. The number of halogens is 2. The van der Waals surface area contributed by atoms with E-state index in [4.69, 9.17) is 8.42 Å². The lowest BCUT2D eigenvalue weighted by molar-refractivity contribution is 0.621. The SMILES string of the molecule is C.O=S(=O)(Cl)Cl.c1ccccc1. The van der Waals surface area contributed by atoms with Crippen LogP contribution in [0, 0.1) is 0 Å². The van der Waals surface area contributed by atoms with Crippen LogP contribution in [0.5, 0.6) is 0 Å². The van der Waals surface area contributed by atoms with E-state index in [1.165, 1.54) is 0 Å². The van der Waals surface area contributed by atoms with Gasteiger partial charge in [-0.1, -0.05) is 43.8 Å². The fourth-order valence-corrected chi connectivity index (χ4v) is 0.385. The van der Waals surface area contributed by atoms with Crippen molar-refractivity contribution >= 4 is 29.6 Å². The molecule has 1 aromatic rings. The first-order valence-electron chi connectivity index (χ1n) is 2.64. The van der Waals surface area contributed by atoms with Gasteiger partial charge in [0, 0.05) is 21.4 Å². The van der Waals surface area contributed by atoms with Crippen LogP contribution in [0.15, 0.2) is 36.4 Å². The normalized spacial score (nSPS) is 8.83. The van der Waals surface area contributed by atoms with E-state index in [1.807, 2.05) is 36.4 Å². The molecule has 0 amide bonds. The molecule has 0 bridgehead atoms. The predicted molar refractivity (Wildman–Crippen MR) is 53.8 cm³/mol. The van der Waals surface area contributed by atoms with Gasteiger partial charge in [0.25, 0.3) is 0 Å². The quantitative estimate of drug-likeness (QED) is 0.641. The molecule has 1 aromatic carbocycles. The molecule has 0 aromatic heterocycles. The average molecular weight is 229 g/mol. The summed E-state index contributed by atoms with van der Waals surface area (Å²) in [6, 6.07) is 12.0. The second-order valence-corrected chi connectivity index (χ2v) is 5.20. The summed E-state index contributed by atoms with van der Waals surface area (Å²) in [6.07, 6.45) is 0. The highest BCUT2D eigenvalue weighted by Crippen LogP contribution is 1.98. The van der Waals surface area contributed by atoms with Crippen molar-refractivity contribution in [1.82, 2.24) is 0 Å². The first-order valence-corrected chi connectivity index (χ1v) is 5.78. The van der Waals surface area contributed by atoms with Crippen LogP contribution in [0.4, 0.5) is 0 Å². The lowest BCUT2D eigenvalue weighted by Gasteiger charge is -1.69. The van der Waals surface area contributed by atoms with E-state index < -0.39 is 8.26 Å². The van der Waals surface area contributed by atoms with E-state index in [0.717, 1.165) is 0 Å². The maximum atomic E-state index is 9.16. The molecule has 2 nitrogen and oxygen atoms in total. The van der Waals surface area contributed by atoms with E-state index in [2.05, 4.69) is 21.4 Å².